The van der Waals surface area contributed by atoms with Gasteiger partial charge in [-0.2, -0.15) is 4.98 Å². The van der Waals surface area contributed by atoms with E-state index in [0.29, 0.717) is 34.7 Å². The van der Waals surface area contributed by atoms with E-state index in [2.05, 4.69) is 19.9 Å². The molecule has 0 radical (unpaired) electrons. The zero-order valence-electron chi connectivity index (χ0n) is 16.1. The maximum atomic E-state index is 13.7. The van der Waals surface area contributed by atoms with Gasteiger partial charge in [0, 0.05) is 18.5 Å². The van der Waals surface area contributed by atoms with Crippen molar-refractivity contribution in [3.05, 3.63) is 47.0 Å². The van der Waals surface area contributed by atoms with Gasteiger partial charge in [-0.05, 0) is 43.7 Å². The molecule has 4 aromatic rings. The lowest BCUT2D eigenvalue weighted by Crippen LogP contribution is -2.30. The van der Waals surface area contributed by atoms with Gasteiger partial charge in [-0.3, -0.25) is 13.9 Å². The summed E-state index contributed by atoms with van der Waals surface area (Å²) in [6.45, 7) is 0.500. The van der Waals surface area contributed by atoms with Gasteiger partial charge in [0.1, 0.15) is 17.7 Å². The second kappa shape index (κ2) is 7.05. The Hall–Kier alpha value is -3.56. The van der Waals surface area contributed by atoms with Crippen molar-refractivity contribution in [1.29, 1.82) is 0 Å². The van der Waals surface area contributed by atoms with Crippen molar-refractivity contribution in [2.45, 2.75) is 32.2 Å². The third-order valence-electron chi connectivity index (χ3n) is 5.91. The van der Waals surface area contributed by atoms with Crippen molar-refractivity contribution in [1.82, 2.24) is 29.1 Å². The van der Waals surface area contributed by atoms with Gasteiger partial charge in [-0.25, -0.2) is 19.2 Å². The smallest absolute Gasteiger partial charge is 0.327 e. The van der Waals surface area contributed by atoms with Crippen molar-refractivity contribution < 1.29 is 9.18 Å². The van der Waals surface area contributed by atoms with E-state index in [4.69, 9.17) is 5.73 Å². The van der Waals surface area contributed by atoms with Crippen LogP contribution in [0.25, 0.3) is 28.1 Å². The predicted octanol–water partition coefficient (Wildman–Crippen LogP) is 1.89. The van der Waals surface area contributed by atoms with Crippen LogP contribution in [0.5, 0.6) is 0 Å². The number of hydrogen-bond acceptors (Lipinski definition) is 5. The van der Waals surface area contributed by atoms with Crippen LogP contribution in [0.15, 0.2) is 35.5 Å². The fourth-order valence-electron chi connectivity index (χ4n) is 4.25. The Morgan fingerprint density at radius 3 is 2.80 bits per heavy atom. The fourth-order valence-corrected chi connectivity index (χ4v) is 4.25. The van der Waals surface area contributed by atoms with Crippen molar-refractivity contribution >= 4 is 28.1 Å². The van der Waals surface area contributed by atoms with E-state index < -0.39 is 0 Å². The van der Waals surface area contributed by atoms with Gasteiger partial charge >= 0.3 is 5.69 Å². The lowest BCUT2D eigenvalue weighted by atomic mass is 9.81. The Labute approximate surface area is 169 Å². The summed E-state index contributed by atoms with van der Waals surface area (Å²) in [5.74, 6) is -0.140. The second-order valence-corrected chi connectivity index (χ2v) is 7.82. The highest BCUT2D eigenvalue weighted by molar-refractivity contribution is 5.78. The Morgan fingerprint density at radius 1 is 1.23 bits per heavy atom. The largest absolute Gasteiger partial charge is 0.369 e. The van der Waals surface area contributed by atoms with Gasteiger partial charge in [-0.15, -0.1) is 0 Å². The number of H-pyrrole nitrogens is 1. The Morgan fingerprint density at radius 2 is 2.03 bits per heavy atom. The van der Waals surface area contributed by atoms with Gasteiger partial charge in [0.2, 0.25) is 11.9 Å². The number of amides is 1. The van der Waals surface area contributed by atoms with Crippen LogP contribution in [0.2, 0.25) is 0 Å². The average molecular weight is 409 g/mol. The Kier molecular flexibility index (Phi) is 4.34. The van der Waals surface area contributed by atoms with E-state index in [1.165, 1.54) is 18.5 Å². The average Bonchev–Trinajstić information content (AvgIpc) is 3.28. The number of carbonyl (C=O) groups is 1. The van der Waals surface area contributed by atoms with Crippen LogP contribution >= 0.6 is 0 Å². The molecule has 0 unspecified atom stereocenters. The Bertz CT molecular complexity index is 1310. The number of aromatic nitrogens is 6. The first-order valence-corrected chi connectivity index (χ1v) is 9.87. The molecule has 0 saturated heterocycles. The summed E-state index contributed by atoms with van der Waals surface area (Å²) in [6.07, 6.45) is 6.22. The first kappa shape index (κ1) is 18.5. The summed E-state index contributed by atoms with van der Waals surface area (Å²) >= 11 is 0. The number of nitrogens with one attached hydrogen (secondary N) is 1. The quantitative estimate of drug-likeness (QED) is 0.533. The van der Waals surface area contributed by atoms with Crippen molar-refractivity contribution in [3.8, 4) is 5.95 Å². The molecule has 10 heteroatoms. The number of primary amides is 1. The fraction of sp³-hybridized carbons (Fsp3) is 0.350. The van der Waals surface area contributed by atoms with Gasteiger partial charge in [-0.1, -0.05) is 0 Å². The molecule has 3 N–H and O–H groups in total. The van der Waals surface area contributed by atoms with Crippen LogP contribution in [0, 0.1) is 17.7 Å². The molecule has 3 aromatic heterocycles. The van der Waals surface area contributed by atoms with E-state index in [1.54, 1.807) is 21.4 Å². The molecular weight excluding hydrogens is 389 g/mol. The summed E-state index contributed by atoms with van der Waals surface area (Å²) < 4.78 is 16.9. The predicted molar refractivity (Wildman–Crippen MR) is 107 cm³/mol. The molecule has 9 nitrogen and oxygen atoms in total. The molecule has 0 aliphatic heterocycles. The zero-order valence-corrected chi connectivity index (χ0v) is 16.1. The third-order valence-corrected chi connectivity index (χ3v) is 5.91. The zero-order chi connectivity index (χ0) is 20.8. The molecule has 1 amide bonds. The van der Waals surface area contributed by atoms with Crippen molar-refractivity contribution in [2.24, 2.45) is 17.6 Å². The second-order valence-electron chi connectivity index (χ2n) is 7.82. The summed E-state index contributed by atoms with van der Waals surface area (Å²) in [5, 5.41) is 0. The number of aromatic amines is 1. The van der Waals surface area contributed by atoms with E-state index in [0.717, 1.165) is 25.7 Å². The molecule has 0 atom stereocenters. The highest BCUT2D eigenvalue weighted by Gasteiger charge is 2.26. The Balaban J connectivity index is 1.50. The molecule has 0 spiro atoms. The number of benzene rings is 1. The SMILES string of the molecule is NC(=O)C1CCC(Cn2c(=O)[nH]c3cnc(-n4cnc5ccc(F)cc54)nc32)CC1. The standard InChI is InChI=1S/C20H20FN7O2/c21-13-5-6-14-16(7-13)28(10-24-14)19-23-8-15-18(26-19)27(20(30)25-15)9-11-1-3-12(4-2-11)17(22)29/h5-8,10-12H,1-4,9H2,(H2,22,29)(H,25,30). The van der Waals surface area contributed by atoms with Crippen molar-refractivity contribution in [2.75, 3.05) is 0 Å². The topological polar surface area (TPSA) is 124 Å². The van der Waals surface area contributed by atoms with Gasteiger partial charge in [0.05, 0.1) is 17.2 Å². The van der Waals surface area contributed by atoms with E-state index in [9.17, 15) is 14.0 Å². The number of nitrogens with zero attached hydrogens (tertiary/aromatic N) is 5. The maximum absolute atomic E-state index is 13.7. The molecule has 1 fully saturated rings. The maximum Gasteiger partial charge on any atom is 0.327 e. The molecule has 1 aromatic carbocycles. The summed E-state index contributed by atoms with van der Waals surface area (Å²) in [4.78, 5) is 39.9. The third kappa shape index (κ3) is 3.14. The summed E-state index contributed by atoms with van der Waals surface area (Å²) in [6, 6.07) is 4.31. The summed E-state index contributed by atoms with van der Waals surface area (Å²) in [7, 11) is 0. The molecule has 5 rings (SSSR count). The van der Waals surface area contributed by atoms with Crippen LogP contribution in [-0.4, -0.2) is 35.0 Å². The molecule has 30 heavy (non-hydrogen) atoms. The van der Waals surface area contributed by atoms with Crippen LogP contribution < -0.4 is 11.4 Å². The first-order valence-electron chi connectivity index (χ1n) is 9.87. The minimum Gasteiger partial charge on any atom is -0.369 e. The molecule has 0 bridgehead atoms. The highest BCUT2D eigenvalue weighted by atomic mass is 19.1. The van der Waals surface area contributed by atoms with Gasteiger partial charge in [0.25, 0.3) is 0 Å². The van der Waals surface area contributed by atoms with Crippen LogP contribution in [-0.2, 0) is 11.3 Å². The molecule has 3 heterocycles. The first-order chi connectivity index (χ1) is 14.5. The number of halogens is 1. The van der Waals surface area contributed by atoms with E-state index in [1.807, 2.05) is 0 Å². The van der Waals surface area contributed by atoms with Crippen LogP contribution in [0.4, 0.5) is 4.39 Å². The normalized spacial score (nSPS) is 19.5. The molecule has 1 aliphatic rings. The molecule has 1 aliphatic carbocycles. The molecule has 154 valence electrons. The highest BCUT2D eigenvalue weighted by Crippen LogP contribution is 2.30. The lowest BCUT2D eigenvalue weighted by molar-refractivity contribution is -0.123. The summed E-state index contributed by atoms with van der Waals surface area (Å²) in [5.41, 5.74) is 7.34. The van der Waals surface area contributed by atoms with E-state index in [-0.39, 0.29) is 29.2 Å². The van der Waals surface area contributed by atoms with Gasteiger partial charge in [0.15, 0.2) is 5.65 Å². The van der Waals surface area contributed by atoms with Crippen LogP contribution in [0.1, 0.15) is 25.7 Å². The molecular formula is C20H20FN7O2. The minimum atomic E-state index is -0.379. The lowest BCUT2D eigenvalue weighted by Gasteiger charge is -2.26. The number of carbonyl (C=O) groups excluding carboxylic acids is 1. The number of fused-ring (bicyclic) bond motifs is 2. The number of hydrogen-bond donors (Lipinski definition) is 2. The monoisotopic (exact) mass is 409 g/mol. The molecule has 1 saturated carbocycles. The number of nitrogens with two attached hydrogens (primary N) is 1. The van der Waals surface area contributed by atoms with E-state index >= 15 is 0 Å². The van der Waals surface area contributed by atoms with Gasteiger partial charge < -0.3 is 10.7 Å². The van der Waals surface area contributed by atoms with Crippen LogP contribution in [0.3, 0.4) is 0 Å². The number of rotatable bonds is 4. The number of imidazole rings is 2. The minimum absolute atomic E-state index is 0.0789. The van der Waals surface area contributed by atoms with Crippen molar-refractivity contribution in [3.63, 3.8) is 0 Å².